The normalized spacial score (nSPS) is 18.7. The predicted molar refractivity (Wildman–Crippen MR) is 124 cm³/mol. The Balaban J connectivity index is 1.22. The molecule has 2 saturated heterocycles. The van der Waals surface area contributed by atoms with Crippen molar-refractivity contribution in [2.45, 2.75) is 43.2 Å². The summed E-state index contributed by atoms with van der Waals surface area (Å²) in [7, 11) is -3.56. The van der Waals surface area contributed by atoms with E-state index >= 15 is 0 Å². The van der Waals surface area contributed by atoms with Crippen LogP contribution >= 0.6 is 0 Å². The van der Waals surface area contributed by atoms with Crippen molar-refractivity contribution in [3.63, 3.8) is 0 Å². The van der Waals surface area contributed by atoms with Crippen molar-refractivity contribution in [3.8, 4) is 0 Å². The molecular formula is C23H28N6O3S. The van der Waals surface area contributed by atoms with Crippen molar-refractivity contribution >= 4 is 27.0 Å². The summed E-state index contributed by atoms with van der Waals surface area (Å²) in [4.78, 5) is 19.5. The van der Waals surface area contributed by atoms with E-state index in [0.717, 1.165) is 36.9 Å². The predicted octanol–water partition coefficient (Wildman–Crippen LogP) is 2.14. The summed E-state index contributed by atoms with van der Waals surface area (Å²) in [6.07, 6.45) is 7.35. The number of amides is 1. The first kappa shape index (κ1) is 22.0. The molecular weight excluding hydrogens is 440 g/mol. The van der Waals surface area contributed by atoms with Crippen LogP contribution in [0.4, 0.5) is 0 Å². The molecule has 2 aromatic heterocycles. The maximum absolute atomic E-state index is 13.2. The third kappa shape index (κ3) is 4.64. The van der Waals surface area contributed by atoms with E-state index in [1.165, 1.54) is 19.0 Å². The first-order valence-electron chi connectivity index (χ1n) is 11.4. The molecule has 0 spiro atoms. The molecule has 4 heterocycles. The van der Waals surface area contributed by atoms with Gasteiger partial charge in [-0.05, 0) is 62.5 Å². The molecule has 0 atom stereocenters. The van der Waals surface area contributed by atoms with Crippen molar-refractivity contribution in [1.29, 1.82) is 0 Å². The number of nitrogens with one attached hydrogen (secondary N) is 2. The lowest BCUT2D eigenvalue weighted by Gasteiger charge is -2.36. The van der Waals surface area contributed by atoms with E-state index < -0.39 is 10.0 Å². The number of fused-ring (bicyclic) bond motifs is 1. The van der Waals surface area contributed by atoms with Gasteiger partial charge < -0.3 is 10.2 Å². The first-order chi connectivity index (χ1) is 16.0. The molecule has 9 nitrogen and oxygen atoms in total. The second-order valence-corrected chi connectivity index (χ2v) is 10.7. The fraction of sp³-hybridized carbons (Fsp3) is 0.435. The molecule has 0 radical (unpaired) electrons. The summed E-state index contributed by atoms with van der Waals surface area (Å²) in [6.45, 7) is 3.60. The fourth-order valence-electron chi connectivity index (χ4n) is 4.76. The van der Waals surface area contributed by atoms with E-state index in [1.54, 1.807) is 34.8 Å². The van der Waals surface area contributed by atoms with Crippen LogP contribution < -0.4 is 5.32 Å². The average Bonchev–Trinajstić information content (AvgIpc) is 3.54. The quantitative estimate of drug-likeness (QED) is 0.573. The molecule has 3 aromatic rings. The van der Waals surface area contributed by atoms with Crippen LogP contribution in [0.2, 0.25) is 0 Å². The van der Waals surface area contributed by atoms with E-state index in [-0.39, 0.29) is 17.3 Å². The Morgan fingerprint density at radius 2 is 1.88 bits per heavy atom. The van der Waals surface area contributed by atoms with Gasteiger partial charge in [0, 0.05) is 37.3 Å². The second kappa shape index (κ2) is 9.20. The van der Waals surface area contributed by atoms with Crippen LogP contribution in [0.25, 0.3) is 11.0 Å². The third-order valence-corrected chi connectivity index (χ3v) is 8.52. The van der Waals surface area contributed by atoms with Gasteiger partial charge in [0.25, 0.3) is 5.91 Å². The van der Waals surface area contributed by atoms with Gasteiger partial charge in [-0.25, -0.2) is 13.4 Å². The molecule has 0 aliphatic carbocycles. The largest absolute Gasteiger partial charge is 0.348 e. The monoisotopic (exact) mass is 468 g/mol. The van der Waals surface area contributed by atoms with E-state index in [0.29, 0.717) is 30.3 Å². The molecule has 33 heavy (non-hydrogen) atoms. The molecule has 1 amide bonds. The van der Waals surface area contributed by atoms with Crippen LogP contribution in [0, 0.1) is 0 Å². The van der Waals surface area contributed by atoms with E-state index in [9.17, 15) is 13.2 Å². The zero-order chi connectivity index (χ0) is 22.8. The number of aromatic amines is 1. The number of sulfonamides is 1. The Kier molecular flexibility index (Phi) is 6.13. The average molecular weight is 469 g/mol. The zero-order valence-corrected chi connectivity index (χ0v) is 19.2. The fourth-order valence-corrected chi connectivity index (χ4v) is 6.31. The van der Waals surface area contributed by atoms with Gasteiger partial charge in [-0.1, -0.05) is 12.1 Å². The van der Waals surface area contributed by atoms with Gasteiger partial charge in [-0.2, -0.15) is 9.40 Å². The van der Waals surface area contributed by atoms with Gasteiger partial charge >= 0.3 is 0 Å². The lowest BCUT2D eigenvalue weighted by Crippen LogP contribution is -2.45. The lowest BCUT2D eigenvalue weighted by molar-refractivity contribution is 0.0950. The van der Waals surface area contributed by atoms with E-state index in [4.69, 9.17) is 0 Å². The van der Waals surface area contributed by atoms with Crippen LogP contribution in [-0.2, 0) is 16.6 Å². The smallest absolute Gasteiger partial charge is 0.253 e. The molecule has 2 N–H and O–H groups in total. The summed E-state index contributed by atoms with van der Waals surface area (Å²) in [5, 5.41) is 10.3. The van der Waals surface area contributed by atoms with Crippen molar-refractivity contribution < 1.29 is 13.2 Å². The number of carbonyl (C=O) groups is 1. The molecule has 1 aromatic carbocycles. The molecule has 10 heteroatoms. The number of H-pyrrole nitrogens is 1. The minimum Gasteiger partial charge on any atom is -0.348 e. The van der Waals surface area contributed by atoms with Crippen molar-refractivity contribution in [2.24, 2.45) is 0 Å². The van der Waals surface area contributed by atoms with Gasteiger partial charge in [0.2, 0.25) is 10.0 Å². The Labute approximate surface area is 193 Å². The number of likely N-dealkylation sites (tertiary alicyclic amines) is 1. The van der Waals surface area contributed by atoms with Gasteiger partial charge in [-0.3, -0.25) is 9.89 Å². The summed E-state index contributed by atoms with van der Waals surface area (Å²) in [6, 6.07) is 9.04. The van der Waals surface area contributed by atoms with Crippen LogP contribution in [0.5, 0.6) is 0 Å². The van der Waals surface area contributed by atoms with E-state index in [2.05, 4.69) is 25.4 Å². The molecule has 0 unspecified atom stereocenters. The Bertz CT molecular complexity index is 1240. The molecule has 5 rings (SSSR count). The standard InChI is InChI=1S/C23H28N6O3S/c30-23(19-13-18-16-26-27-22(18)24-15-19)25-14-17-4-3-5-21(12-17)33(31,32)29-10-6-20(7-11-29)28-8-1-2-9-28/h3-5,12-13,15-16,20H,1-2,6-11,14H2,(H,25,30)(H,24,26,27). The number of pyridine rings is 1. The molecule has 0 bridgehead atoms. The van der Waals surface area contributed by atoms with Gasteiger partial charge in [0.1, 0.15) is 0 Å². The number of carbonyl (C=O) groups excluding carboxylic acids is 1. The highest BCUT2D eigenvalue weighted by Gasteiger charge is 2.32. The van der Waals surface area contributed by atoms with Crippen LogP contribution in [-0.4, -0.2) is 70.9 Å². The van der Waals surface area contributed by atoms with Crippen LogP contribution in [0.1, 0.15) is 41.6 Å². The Hall–Kier alpha value is -2.82. The Morgan fingerprint density at radius 3 is 2.67 bits per heavy atom. The molecule has 2 fully saturated rings. The number of benzene rings is 1. The van der Waals surface area contributed by atoms with Crippen LogP contribution in [0.3, 0.4) is 0 Å². The number of hydrogen-bond acceptors (Lipinski definition) is 6. The summed E-state index contributed by atoms with van der Waals surface area (Å²) in [5.74, 6) is -0.275. The number of hydrogen-bond donors (Lipinski definition) is 2. The number of piperidine rings is 1. The van der Waals surface area contributed by atoms with Gasteiger partial charge in [-0.15, -0.1) is 0 Å². The van der Waals surface area contributed by atoms with Gasteiger partial charge in [0.15, 0.2) is 5.65 Å². The number of nitrogens with zero attached hydrogens (tertiary/aromatic N) is 4. The minimum absolute atomic E-state index is 0.225. The number of rotatable bonds is 6. The molecule has 174 valence electrons. The van der Waals surface area contributed by atoms with E-state index in [1.807, 2.05) is 6.07 Å². The van der Waals surface area contributed by atoms with Gasteiger partial charge in [0.05, 0.1) is 16.7 Å². The highest BCUT2D eigenvalue weighted by molar-refractivity contribution is 7.89. The SMILES string of the molecule is O=C(NCc1cccc(S(=O)(=O)N2CCC(N3CCCC3)CC2)c1)c1cnc2[nH]ncc2c1. The maximum Gasteiger partial charge on any atom is 0.253 e. The minimum atomic E-state index is -3.56. The second-order valence-electron chi connectivity index (χ2n) is 8.74. The van der Waals surface area contributed by atoms with Crippen molar-refractivity contribution in [1.82, 2.24) is 29.7 Å². The Morgan fingerprint density at radius 1 is 1.09 bits per heavy atom. The molecule has 2 aliphatic heterocycles. The summed E-state index contributed by atoms with van der Waals surface area (Å²) in [5.41, 5.74) is 1.77. The van der Waals surface area contributed by atoms with Crippen molar-refractivity contribution in [3.05, 3.63) is 53.9 Å². The lowest BCUT2D eigenvalue weighted by atomic mass is 10.1. The zero-order valence-electron chi connectivity index (χ0n) is 18.4. The maximum atomic E-state index is 13.2. The highest BCUT2D eigenvalue weighted by Crippen LogP contribution is 2.25. The molecule has 0 saturated carbocycles. The summed E-state index contributed by atoms with van der Waals surface area (Å²) < 4.78 is 28.1. The summed E-state index contributed by atoms with van der Waals surface area (Å²) >= 11 is 0. The number of aromatic nitrogens is 3. The topological polar surface area (TPSA) is 111 Å². The third-order valence-electron chi connectivity index (χ3n) is 6.62. The van der Waals surface area contributed by atoms with Crippen LogP contribution in [0.15, 0.2) is 47.6 Å². The highest BCUT2D eigenvalue weighted by atomic mass is 32.2. The first-order valence-corrected chi connectivity index (χ1v) is 12.9. The molecule has 2 aliphatic rings. The van der Waals surface area contributed by atoms with Crippen molar-refractivity contribution in [2.75, 3.05) is 26.2 Å².